The molecule has 54 valence electrons. The van der Waals surface area contributed by atoms with E-state index in [0.717, 1.165) is 12.4 Å². The van der Waals surface area contributed by atoms with Crippen LogP contribution in [0.2, 0.25) is 0 Å². The van der Waals surface area contributed by atoms with Gasteiger partial charge >= 0.3 is 0 Å². The molecule has 0 radical (unpaired) electrons. The topological polar surface area (TPSA) is 9.23 Å². The largest absolute Gasteiger partial charge is 0.374 e. The average Bonchev–Trinajstić information content (AvgIpc) is 1.78. The molecule has 0 aliphatic carbocycles. The monoisotopic (exact) mass is 146 g/mol. The van der Waals surface area contributed by atoms with Crippen LogP contribution in [0.15, 0.2) is 0 Å². The van der Waals surface area contributed by atoms with Gasteiger partial charge in [0.05, 0.1) is 12.2 Å². The molecular weight excluding hydrogens is 132 g/mol. The molecule has 0 aromatic rings. The summed E-state index contributed by atoms with van der Waals surface area (Å²) in [7, 11) is 0. The maximum Gasteiger partial charge on any atom is 0.0717 e. The van der Waals surface area contributed by atoms with Crippen LogP contribution in [0.4, 0.5) is 0 Å². The van der Waals surface area contributed by atoms with Crippen molar-refractivity contribution in [3.05, 3.63) is 0 Å². The van der Waals surface area contributed by atoms with Crippen LogP contribution in [-0.4, -0.2) is 23.2 Å². The Bertz CT molecular complexity index is 91.1. The van der Waals surface area contributed by atoms with Crippen molar-refractivity contribution in [2.75, 3.05) is 12.4 Å². The van der Waals surface area contributed by atoms with Crippen LogP contribution >= 0.6 is 11.8 Å². The number of hydrogen-bond acceptors (Lipinski definition) is 2. The van der Waals surface area contributed by atoms with E-state index in [-0.39, 0.29) is 5.60 Å². The first-order chi connectivity index (χ1) is 4.10. The Morgan fingerprint density at radius 1 is 1.56 bits per heavy atom. The molecule has 1 heterocycles. The summed E-state index contributed by atoms with van der Waals surface area (Å²) in [6, 6.07) is 0. The van der Waals surface area contributed by atoms with Gasteiger partial charge in [-0.1, -0.05) is 6.92 Å². The summed E-state index contributed by atoms with van der Waals surface area (Å²) in [6.45, 7) is 7.41. The third-order valence-corrected chi connectivity index (χ3v) is 2.99. The van der Waals surface area contributed by atoms with E-state index in [1.165, 1.54) is 0 Å². The fraction of sp³-hybridized carbons (Fsp3) is 1.00. The highest BCUT2D eigenvalue weighted by molar-refractivity contribution is 8.00. The van der Waals surface area contributed by atoms with E-state index in [4.69, 9.17) is 4.74 Å². The molecule has 1 nitrogen and oxygen atoms in total. The molecule has 0 amide bonds. The van der Waals surface area contributed by atoms with Crippen molar-refractivity contribution in [3.63, 3.8) is 0 Å². The predicted molar refractivity (Wildman–Crippen MR) is 42.0 cm³/mol. The van der Waals surface area contributed by atoms with Gasteiger partial charge in [0.15, 0.2) is 0 Å². The Kier molecular flexibility index (Phi) is 2.07. The van der Waals surface area contributed by atoms with Gasteiger partial charge in [-0.05, 0) is 13.8 Å². The van der Waals surface area contributed by atoms with Crippen molar-refractivity contribution in [2.24, 2.45) is 0 Å². The van der Waals surface area contributed by atoms with E-state index in [9.17, 15) is 0 Å². The van der Waals surface area contributed by atoms with E-state index in [2.05, 4.69) is 20.8 Å². The number of ether oxygens (including phenoxy) is 1. The lowest BCUT2D eigenvalue weighted by atomic mass is 10.2. The van der Waals surface area contributed by atoms with Crippen LogP contribution < -0.4 is 0 Å². The quantitative estimate of drug-likeness (QED) is 0.516. The molecule has 0 aromatic heterocycles. The molecule has 1 fully saturated rings. The van der Waals surface area contributed by atoms with Crippen molar-refractivity contribution in [3.8, 4) is 0 Å². The van der Waals surface area contributed by atoms with Gasteiger partial charge in [-0.3, -0.25) is 0 Å². The minimum absolute atomic E-state index is 0.122. The summed E-state index contributed by atoms with van der Waals surface area (Å²) in [5.74, 6) is 1.13. The van der Waals surface area contributed by atoms with Gasteiger partial charge in [0.2, 0.25) is 0 Å². The number of rotatable bonds is 0. The highest BCUT2D eigenvalue weighted by Gasteiger charge is 2.25. The lowest BCUT2D eigenvalue weighted by Crippen LogP contribution is -2.35. The molecule has 1 saturated heterocycles. The van der Waals surface area contributed by atoms with Crippen LogP contribution in [0, 0.1) is 0 Å². The Morgan fingerprint density at radius 2 is 2.22 bits per heavy atom. The molecule has 0 aromatic carbocycles. The molecule has 0 N–H and O–H groups in total. The lowest BCUT2D eigenvalue weighted by molar-refractivity contribution is -0.00355. The van der Waals surface area contributed by atoms with Crippen LogP contribution in [0.25, 0.3) is 0 Å². The third-order valence-electron chi connectivity index (χ3n) is 1.42. The summed E-state index contributed by atoms with van der Waals surface area (Å²) in [6.07, 6.45) is 0. The molecule has 0 unspecified atom stereocenters. The number of thioether (sulfide) groups is 1. The Hall–Kier alpha value is 0.310. The van der Waals surface area contributed by atoms with Gasteiger partial charge in [-0.25, -0.2) is 0 Å². The first-order valence-corrected chi connectivity index (χ1v) is 4.41. The zero-order valence-electron chi connectivity index (χ0n) is 6.31. The summed E-state index contributed by atoms with van der Waals surface area (Å²) in [5.41, 5.74) is 0.122. The van der Waals surface area contributed by atoms with Gasteiger partial charge in [0, 0.05) is 11.0 Å². The second kappa shape index (κ2) is 2.51. The molecule has 9 heavy (non-hydrogen) atoms. The fourth-order valence-corrected chi connectivity index (χ4v) is 1.71. The highest BCUT2D eigenvalue weighted by Crippen LogP contribution is 2.26. The molecule has 1 aliphatic heterocycles. The van der Waals surface area contributed by atoms with Crippen molar-refractivity contribution >= 4 is 11.8 Å². The molecule has 1 atom stereocenters. The molecule has 1 aliphatic rings. The molecule has 0 bridgehead atoms. The Morgan fingerprint density at radius 3 is 2.56 bits per heavy atom. The maximum absolute atomic E-state index is 5.56. The summed E-state index contributed by atoms with van der Waals surface area (Å²) >= 11 is 2.00. The Labute approximate surface area is 61.2 Å². The van der Waals surface area contributed by atoms with Crippen LogP contribution in [-0.2, 0) is 4.74 Å². The smallest absolute Gasteiger partial charge is 0.0717 e. The van der Waals surface area contributed by atoms with Crippen molar-refractivity contribution in [1.82, 2.24) is 0 Å². The minimum atomic E-state index is 0.122. The first kappa shape index (κ1) is 7.42. The van der Waals surface area contributed by atoms with Crippen LogP contribution in [0.1, 0.15) is 20.8 Å². The van der Waals surface area contributed by atoms with Crippen LogP contribution in [0.3, 0.4) is 0 Å². The average molecular weight is 146 g/mol. The van der Waals surface area contributed by atoms with Crippen molar-refractivity contribution in [2.45, 2.75) is 31.6 Å². The van der Waals surface area contributed by atoms with E-state index in [1.54, 1.807) is 0 Å². The maximum atomic E-state index is 5.56. The third kappa shape index (κ3) is 2.18. The SMILES string of the molecule is C[C@@H]1COC(C)(C)CS1. The zero-order chi connectivity index (χ0) is 6.91. The van der Waals surface area contributed by atoms with Gasteiger partial charge in [0.25, 0.3) is 0 Å². The molecular formula is C7H14OS. The summed E-state index contributed by atoms with van der Waals surface area (Å²) in [4.78, 5) is 0. The lowest BCUT2D eigenvalue weighted by Gasteiger charge is -2.32. The van der Waals surface area contributed by atoms with E-state index < -0.39 is 0 Å². The van der Waals surface area contributed by atoms with Gasteiger partial charge < -0.3 is 4.74 Å². The Balaban J connectivity index is 2.35. The second-order valence-electron chi connectivity index (χ2n) is 3.19. The standard InChI is InChI=1S/C7H14OS/c1-6-4-8-7(2,3)5-9-6/h6H,4-5H2,1-3H3/t6-/m1/s1. The minimum Gasteiger partial charge on any atom is -0.374 e. The van der Waals surface area contributed by atoms with Crippen molar-refractivity contribution in [1.29, 1.82) is 0 Å². The molecule has 2 heteroatoms. The zero-order valence-corrected chi connectivity index (χ0v) is 7.12. The molecule has 0 spiro atoms. The first-order valence-electron chi connectivity index (χ1n) is 3.36. The molecule has 0 saturated carbocycles. The van der Waals surface area contributed by atoms with E-state index >= 15 is 0 Å². The summed E-state index contributed by atoms with van der Waals surface area (Å²) < 4.78 is 5.56. The highest BCUT2D eigenvalue weighted by atomic mass is 32.2. The number of hydrogen-bond donors (Lipinski definition) is 0. The fourth-order valence-electron chi connectivity index (χ4n) is 0.776. The van der Waals surface area contributed by atoms with Crippen LogP contribution in [0.5, 0.6) is 0 Å². The molecule has 1 rings (SSSR count). The summed E-state index contributed by atoms with van der Waals surface area (Å²) in [5, 5.41) is 0.693. The predicted octanol–water partition coefficient (Wildman–Crippen LogP) is 1.92. The van der Waals surface area contributed by atoms with E-state index in [1.807, 2.05) is 11.8 Å². The normalized spacial score (nSPS) is 34.3. The van der Waals surface area contributed by atoms with E-state index in [0.29, 0.717) is 5.25 Å². The van der Waals surface area contributed by atoms with Gasteiger partial charge in [-0.2, -0.15) is 11.8 Å². The van der Waals surface area contributed by atoms with Crippen molar-refractivity contribution < 1.29 is 4.74 Å². The second-order valence-corrected chi connectivity index (χ2v) is 4.62. The van der Waals surface area contributed by atoms with Gasteiger partial charge in [0.1, 0.15) is 0 Å². The van der Waals surface area contributed by atoms with Gasteiger partial charge in [-0.15, -0.1) is 0 Å².